The molecule has 0 aliphatic carbocycles. The number of hydrogen-bond donors (Lipinski definition) is 0. The number of fused-ring (bicyclic) bond motifs is 6. The Kier molecular flexibility index (Phi) is 2.54. The number of hydrogen-bond acceptors (Lipinski definition) is 4. The van der Waals surface area contributed by atoms with E-state index in [1.54, 1.807) is 11.9 Å². The van der Waals surface area contributed by atoms with E-state index in [0.717, 1.165) is 11.7 Å². The van der Waals surface area contributed by atoms with E-state index < -0.39 is 0 Å². The van der Waals surface area contributed by atoms with Crippen molar-refractivity contribution < 1.29 is 0 Å². The van der Waals surface area contributed by atoms with Crippen LogP contribution < -0.4 is 9.80 Å². The van der Waals surface area contributed by atoms with E-state index in [2.05, 4.69) is 70.8 Å². The number of benzene rings is 2. The summed E-state index contributed by atoms with van der Waals surface area (Å²) in [7, 11) is 4.15. The van der Waals surface area contributed by atoms with E-state index in [4.69, 9.17) is 0 Å². The monoisotopic (exact) mass is 281 g/mol. The molecule has 0 unspecified atom stereocenters. The first-order chi connectivity index (χ1) is 9.75. The van der Waals surface area contributed by atoms with Crippen LogP contribution in [-0.4, -0.2) is 25.8 Å². The molecule has 0 atom stereocenters. The number of anilines is 2. The number of nitrogens with zero attached hydrogens (tertiary/aromatic N) is 3. The van der Waals surface area contributed by atoms with Crippen LogP contribution in [0.1, 0.15) is 5.56 Å². The number of para-hydroxylation sites is 1. The zero-order valence-corrected chi connectivity index (χ0v) is 12.3. The lowest BCUT2D eigenvalue weighted by Crippen LogP contribution is -2.31. The summed E-state index contributed by atoms with van der Waals surface area (Å²) in [6.45, 7) is 0. The van der Waals surface area contributed by atoms with Crippen molar-refractivity contribution in [2.45, 2.75) is 0 Å². The highest BCUT2D eigenvalue weighted by Gasteiger charge is 2.30. The van der Waals surface area contributed by atoms with Crippen molar-refractivity contribution in [3.63, 3.8) is 0 Å². The van der Waals surface area contributed by atoms with Gasteiger partial charge in [0.2, 0.25) is 0 Å². The molecule has 0 saturated carbocycles. The highest BCUT2D eigenvalue weighted by Crippen LogP contribution is 2.43. The minimum absolute atomic E-state index is 0.904. The molecular weight excluding hydrogens is 266 g/mol. The molecule has 2 aromatic rings. The second-order valence-electron chi connectivity index (χ2n) is 5.24. The van der Waals surface area contributed by atoms with Crippen molar-refractivity contribution in [1.29, 1.82) is 0 Å². The molecule has 0 radical (unpaired) electrons. The summed E-state index contributed by atoms with van der Waals surface area (Å²) in [5, 5.41) is 0. The van der Waals surface area contributed by atoms with Gasteiger partial charge in [-0.25, -0.2) is 0 Å². The molecule has 0 fully saturated rings. The topological polar surface area (TPSA) is 18.8 Å². The summed E-state index contributed by atoms with van der Waals surface area (Å²) < 4.78 is 4.62. The molecule has 20 heavy (non-hydrogen) atoms. The predicted molar refractivity (Wildman–Crippen MR) is 87.7 cm³/mol. The highest BCUT2D eigenvalue weighted by atomic mass is 32.2. The van der Waals surface area contributed by atoms with Gasteiger partial charge in [-0.2, -0.15) is 4.40 Å². The van der Waals surface area contributed by atoms with Gasteiger partial charge in [-0.05, 0) is 41.8 Å². The van der Waals surface area contributed by atoms with Gasteiger partial charge in [0.1, 0.15) is 5.84 Å². The van der Waals surface area contributed by atoms with Crippen LogP contribution in [0, 0.1) is 0 Å². The average Bonchev–Trinajstić information content (AvgIpc) is 2.96. The molecule has 0 bridgehead atoms. The zero-order chi connectivity index (χ0) is 13.7. The Bertz CT molecular complexity index is 721. The largest absolute Gasteiger partial charge is 0.378 e. The van der Waals surface area contributed by atoms with Crippen LogP contribution >= 0.6 is 11.9 Å². The SMILES string of the molecule is CN(C)c1ccc2c(c1)-c1ccccc1N1CSN=C21. The van der Waals surface area contributed by atoms with Gasteiger partial charge in [0.15, 0.2) is 0 Å². The van der Waals surface area contributed by atoms with E-state index in [1.807, 2.05) is 0 Å². The smallest absolute Gasteiger partial charge is 0.149 e. The zero-order valence-electron chi connectivity index (χ0n) is 11.5. The molecule has 2 aromatic carbocycles. The van der Waals surface area contributed by atoms with E-state index in [-0.39, 0.29) is 0 Å². The predicted octanol–water partition coefficient (Wildman–Crippen LogP) is 3.61. The summed E-state index contributed by atoms with van der Waals surface area (Å²) in [4.78, 5) is 4.44. The summed E-state index contributed by atoms with van der Waals surface area (Å²) in [6, 6.07) is 15.2. The van der Waals surface area contributed by atoms with Crippen LogP contribution in [0.3, 0.4) is 0 Å². The first-order valence-electron chi connectivity index (χ1n) is 6.64. The first kappa shape index (κ1) is 11.9. The summed E-state index contributed by atoms with van der Waals surface area (Å²) >= 11 is 1.62. The quantitative estimate of drug-likeness (QED) is 0.744. The highest BCUT2D eigenvalue weighted by molar-refractivity contribution is 7.98. The Morgan fingerprint density at radius 1 is 1.05 bits per heavy atom. The van der Waals surface area contributed by atoms with Crippen molar-refractivity contribution in [2.24, 2.45) is 4.40 Å². The third kappa shape index (κ3) is 1.58. The fourth-order valence-corrected chi connectivity index (χ4v) is 3.56. The van der Waals surface area contributed by atoms with Gasteiger partial charge in [-0.15, -0.1) is 0 Å². The Hall–Kier alpha value is -1.94. The number of rotatable bonds is 1. The maximum Gasteiger partial charge on any atom is 0.149 e. The normalized spacial score (nSPS) is 15.3. The lowest BCUT2D eigenvalue weighted by atomic mass is 9.92. The third-order valence-electron chi connectivity index (χ3n) is 3.84. The van der Waals surface area contributed by atoms with Crippen molar-refractivity contribution in [2.75, 3.05) is 29.8 Å². The molecule has 2 aliphatic heterocycles. The summed E-state index contributed by atoms with van der Waals surface area (Å²) in [5.41, 5.74) is 6.30. The molecule has 100 valence electrons. The van der Waals surface area contributed by atoms with Crippen LogP contribution in [0.25, 0.3) is 11.1 Å². The molecule has 2 aliphatic rings. The third-order valence-corrected chi connectivity index (χ3v) is 4.51. The number of amidine groups is 1. The van der Waals surface area contributed by atoms with Gasteiger partial charge >= 0.3 is 0 Å². The molecule has 0 saturated heterocycles. The van der Waals surface area contributed by atoms with E-state index in [9.17, 15) is 0 Å². The summed E-state index contributed by atoms with van der Waals surface area (Å²) in [6.07, 6.45) is 0. The molecule has 0 aromatic heterocycles. The van der Waals surface area contributed by atoms with Crippen LogP contribution in [0.2, 0.25) is 0 Å². The van der Waals surface area contributed by atoms with Gasteiger partial charge in [0, 0.05) is 30.9 Å². The maximum atomic E-state index is 4.62. The standard InChI is InChI=1S/C16H15N3S/c1-18(2)11-7-8-13-14(9-11)12-5-3-4-6-15(12)19-10-20-17-16(13)19/h3-9H,10H2,1-2H3. The molecule has 0 spiro atoms. The van der Waals surface area contributed by atoms with Crippen molar-refractivity contribution in [3.8, 4) is 11.1 Å². The van der Waals surface area contributed by atoms with Crippen LogP contribution in [0.5, 0.6) is 0 Å². The Morgan fingerprint density at radius 3 is 2.75 bits per heavy atom. The molecule has 2 heterocycles. The Balaban J connectivity index is 2.01. The molecule has 3 nitrogen and oxygen atoms in total. The molecule has 4 heteroatoms. The summed E-state index contributed by atoms with van der Waals surface area (Å²) in [5.74, 6) is 2.00. The molecular formula is C16H15N3S. The van der Waals surface area contributed by atoms with Crippen LogP contribution in [0.15, 0.2) is 46.9 Å². The van der Waals surface area contributed by atoms with Gasteiger partial charge in [-0.1, -0.05) is 18.2 Å². The minimum Gasteiger partial charge on any atom is -0.378 e. The second-order valence-corrected chi connectivity index (χ2v) is 5.94. The lowest BCUT2D eigenvalue weighted by molar-refractivity contribution is 1.13. The second kappa shape index (κ2) is 4.28. The van der Waals surface area contributed by atoms with Crippen LogP contribution in [0.4, 0.5) is 11.4 Å². The molecule has 0 amide bonds. The first-order valence-corrected chi connectivity index (χ1v) is 7.58. The fourth-order valence-electron chi connectivity index (χ4n) is 2.80. The lowest BCUT2D eigenvalue weighted by Gasteiger charge is -2.30. The van der Waals surface area contributed by atoms with Gasteiger partial charge in [0.05, 0.1) is 11.6 Å². The van der Waals surface area contributed by atoms with E-state index in [0.29, 0.717) is 0 Å². The van der Waals surface area contributed by atoms with E-state index in [1.165, 1.54) is 28.1 Å². The molecule has 4 rings (SSSR count). The Labute approximate surface area is 123 Å². The van der Waals surface area contributed by atoms with Crippen molar-refractivity contribution in [1.82, 2.24) is 0 Å². The van der Waals surface area contributed by atoms with Crippen molar-refractivity contribution >= 4 is 29.2 Å². The van der Waals surface area contributed by atoms with Crippen LogP contribution in [-0.2, 0) is 0 Å². The maximum absolute atomic E-state index is 4.62. The molecule has 0 N–H and O–H groups in total. The van der Waals surface area contributed by atoms with E-state index >= 15 is 0 Å². The average molecular weight is 281 g/mol. The van der Waals surface area contributed by atoms with Crippen molar-refractivity contribution in [3.05, 3.63) is 48.0 Å². The van der Waals surface area contributed by atoms with Gasteiger partial charge in [-0.3, -0.25) is 0 Å². The Morgan fingerprint density at radius 2 is 1.90 bits per heavy atom. The minimum atomic E-state index is 0.904. The fraction of sp³-hybridized carbons (Fsp3) is 0.188. The van der Waals surface area contributed by atoms with Gasteiger partial charge in [0.25, 0.3) is 0 Å². The van der Waals surface area contributed by atoms with Gasteiger partial charge < -0.3 is 9.80 Å².